The minimum Gasteiger partial charge on any atom is -0.469 e. The number of nitrogens with zero attached hydrogens (tertiary/aromatic N) is 2. The third kappa shape index (κ3) is 3.87. The van der Waals surface area contributed by atoms with Crippen molar-refractivity contribution in [2.45, 2.75) is 57.6 Å². The van der Waals surface area contributed by atoms with Crippen molar-refractivity contribution in [3.8, 4) is 0 Å². The van der Waals surface area contributed by atoms with E-state index < -0.39 is 12.0 Å². The Kier molecular flexibility index (Phi) is 6.44. The van der Waals surface area contributed by atoms with Crippen LogP contribution in [-0.4, -0.2) is 54.7 Å². The first-order chi connectivity index (χ1) is 14.5. The van der Waals surface area contributed by atoms with E-state index in [1.165, 1.54) is 12.7 Å². The van der Waals surface area contributed by atoms with Crippen LogP contribution in [0.25, 0.3) is 0 Å². The highest BCUT2D eigenvalue weighted by molar-refractivity contribution is 5.94. The van der Waals surface area contributed by atoms with E-state index in [-0.39, 0.29) is 23.8 Å². The maximum atomic E-state index is 13.0. The minimum atomic E-state index is -0.628. The van der Waals surface area contributed by atoms with E-state index in [1.54, 1.807) is 0 Å². The fraction of sp³-hybridized carbons (Fsp3) is 0.667. The van der Waals surface area contributed by atoms with Gasteiger partial charge in [0.1, 0.15) is 0 Å². The molecule has 1 aliphatic carbocycles. The van der Waals surface area contributed by atoms with Crippen LogP contribution in [0, 0.1) is 17.8 Å². The van der Waals surface area contributed by atoms with Crippen LogP contribution in [0.1, 0.15) is 57.1 Å². The van der Waals surface area contributed by atoms with Crippen molar-refractivity contribution in [1.29, 1.82) is 0 Å². The number of rotatable bonds is 4. The summed E-state index contributed by atoms with van der Waals surface area (Å²) in [6, 6.07) is 8.39. The molecule has 1 saturated heterocycles. The third-order valence-corrected chi connectivity index (χ3v) is 7.43. The Balaban J connectivity index is 1.70. The molecule has 5 atom stereocenters. The van der Waals surface area contributed by atoms with Crippen LogP contribution in [0.4, 0.5) is 5.69 Å². The van der Waals surface area contributed by atoms with E-state index in [2.05, 4.69) is 24.0 Å². The van der Waals surface area contributed by atoms with E-state index in [0.29, 0.717) is 18.8 Å². The molecular weight excluding hydrogens is 380 g/mol. The number of carbonyl (C=O) groups is 2. The number of piperidine rings is 1. The highest BCUT2D eigenvalue weighted by atomic mass is 16.5. The summed E-state index contributed by atoms with van der Waals surface area (Å²) in [7, 11) is 1.41. The fourth-order valence-electron chi connectivity index (χ4n) is 5.88. The lowest BCUT2D eigenvalue weighted by atomic mass is 9.65. The molecule has 0 aromatic heterocycles. The van der Waals surface area contributed by atoms with Gasteiger partial charge in [-0.05, 0) is 49.1 Å². The minimum absolute atomic E-state index is 0.106. The molecule has 6 heteroatoms. The normalized spacial score (nSPS) is 31.8. The smallest absolute Gasteiger partial charge is 0.311 e. The number of aliphatic hydroxyl groups is 1. The lowest BCUT2D eigenvalue weighted by Crippen LogP contribution is -2.53. The number of esters is 1. The van der Waals surface area contributed by atoms with Gasteiger partial charge in [-0.3, -0.25) is 14.5 Å². The fourth-order valence-corrected chi connectivity index (χ4v) is 5.88. The Morgan fingerprint density at radius 3 is 2.83 bits per heavy atom. The molecule has 0 unspecified atom stereocenters. The molecule has 6 nitrogen and oxygen atoms in total. The van der Waals surface area contributed by atoms with Crippen LogP contribution in [-0.2, 0) is 14.3 Å². The summed E-state index contributed by atoms with van der Waals surface area (Å²) in [6.45, 7) is 4.50. The molecule has 4 rings (SSSR count). The Hall–Kier alpha value is -1.92. The van der Waals surface area contributed by atoms with Gasteiger partial charge in [-0.2, -0.15) is 0 Å². The highest BCUT2D eigenvalue weighted by Gasteiger charge is 2.49. The molecule has 1 aromatic rings. The van der Waals surface area contributed by atoms with Gasteiger partial charge >= 0.3 is 5.97 Å². The number of hydrogen-bond donors (Lipinski definition) is 1. The van der Waals surface area contributed by atoms with Gasteiger partial charge in [-0.1, -0.05) is 31.5 Å². The SMILES string of the molecule is CCCCN1C(=O)CCN2C[C@@H]3CC[C@H](O)[C@H](C(=O)OC)[C@H]3C[C@H]2c2ccccc21. The van der Waals surface area contributed by atoms with E-state index in [4.69, 9.17) is 4.74 Å². The molecule has 164 valence electrons. The molecule has 1 aromatic carbocycles. The lowest BCUT2D eigenvalue weighted by molar-refractivity contribution is -0.160. The largest absolute Gasteiger partial charge is 0.469 e. The van der Waals surface area contributed by atoms with Gasteiger partial charge in [0.05, 0.1) is 19.1 Å². The molecular formula is C24H34N2O4. The molecule has 1 amide bonds. The monoisotopic (exact) mass is 414 g/mol. The number of hydrogen-bond acceptors (Lipinski definition) is 5. The van der Waals surface area contributed by atoms with Crippen LogP contribution < -0.4 is 4.90 Å². The van der Waals surface area contributed by atoms with Gasteiger partial charge in [0, 0.05) is 37.8 Å². The van der Waals surface area contributed by atoms with Crippen LogP contribution in [0.5, 0.6) is 0 Å². The number of anilines is 1. The summed E-state index contributed by atoms with van der Waals surface area (Å²) in [5.74, 6) is -0.0832. The Morgan fingerprint density at radius 1 is 1.27 bits per heavy atom. The van der Waals surface area contributed by atoms with Gasteiger partial charge in [-0.15, -0.1) is 0 Å². The number of amides is 1. The highest BCUT2D eigenvalue weighted by Crippen LogP contribution is 2.49. The summed E-state index contributed by atoms with van der Waals surface area (Å²) >= 11 is 0. The number of carbonyl (C=O) groups excluding carboxylic acids is 2. The molecule has 30 heavy (non-hydrogen) atoms. The number of para-hydroxylation sites is 1. The molecule has 0 radical (unpaired) electrons. The Labute approximate surface area is 179 Å². The molecule has 0 spiro atoms. The second-order valence-electron chi connectivity index (χ2n) is 9.07. The van der Waals surface area contributed by atoms with Crippen LogP contribution in [0.15, 0.2) is 24.3 Å². The molecule has 3 aliphatic rings. The number of aliphatic hydroxyl groups excluding tert-OH is 1. The third-order valence-electron chi connectivity index (χ3n) is 7.43. The van der Waals surface area contributed by atoms with Crippen LogP contribution >= 0.6 is 0 Å². The zero-order chi connectivity index (χ0) is 21.3. The van der Waals surface area contributed by atoms with Crippen LogP contribution in [0.2, 0.25) is 0 Å². The zero-order valence-corrected chi connectivity index (χ0v) is 18.1. The van der Waals surface area contributed by atoms with Crippen molar-refractivity contribution in [3.05, 3.63) is 29.8 Å². The summed E-state index contributed by atoms with van der Waals surface area (Å²) in [5, 5.41) is 10.6. The van der Waals surface area contributed by atoms with Gasteiger partial charge < -0.3 is 14.7 Å². The molecule has 2 heterocycles. The standard InChI is InChI=1S/C24H34N2O4/c1-3-4-12-26-19-8-6-5-7-17(19)20-14-18-16(15-25(20)13-11-22(26)28)9-10-21(27)23(18)24(29)30-2/h5-8,16,18,20-21,23,27H,3-4,9-15H2,1-2H3/t16-,18-,20-,21-,23+/m0/s1. The average Bonchev–Trinajstić information content (AvgIpc) is 2.76. The summed E-state index contributed by atoms with van der Waals surface area (Å²) in [5.41, 5.74) is 2.18. The first kappa shape index (κ1) is 21.3. The number of ether oxygens (including phenoxy) is 1. The predicted molar refractivity (Wildman–Crippen MR) is 115 cm³/mol. The van der Waals surface area contributed by atoms with Crippen molar-refractivity contribution < 1.29 is 19.4 Å². The Bertz CT molecular complexity index is 782. The number of methoxy groups -OCH3 is 1. The first-order valence-electron chi connectivity index (χ1n) is 11.4. The lowest BCUT2D eigenvalue weighted by Gasteiger charge is -2.51. The predicted octanol–water partition coefficient (Wildman–Crippen LogP) is 3.15. The number of unbranched alkanes of at least 4 members (excludes halogenated alkanes) is 1. The van der Waals surface area contributed by atoms with Crippen molar-refractivity contribution in [2.24, 2.45) is 17.8 Å². The van der Waals surface area contributed by atoms with Gasteiger partial charge in [-0.25, -0.2) is 0 Å². The molecule has 2 fully saturated rings. The molecule has 0 bridgehead atoms. The van der Waals surface area contributed by atoms with Gasteiger partial charge in [0.2, 0.25) is 5.91 Å². The van der Waals surface area contributed by atoms with Gasteiger partial charge in [0.15, 0.2) is 0 Å². The van der Waals surface area contributed by atoms with Gasteiger partial charge in [0.25, 0.3) is 0 Å². The van der Waals surface area contributed by atoms with E-state index >= 15 is 0 Å². The maximum absolute atomic E-state index is 13.0. The van der Waals surface area contributed by atoms with Crippen molar-refractivity contribution in [2.75, 3.05) is 31.6 Å². The van der Waals surface area contributed by atoms with E-state index in [0.717, 1.165) is 51.0 Å². The molecule has 1 saturated carbocycles. The Morgan fingerprint density at radius 2 is 2.07 bits per heavy atom. The average molecular weight is 415 g/mol. The number of fused-ring (bicyclic) bond motifs is 4. The zero-order valence-electron chi connectivity index (χ0n) is 18.1. The molecule has 1 N–H and O–H groups in total. The first-order valence-corrected chi connectivity index (χ1v) is 11.4. The van der Waals surface area contributed by atoms with Crippen molar-refractivity contribution in [1.82, 2.24) is 4.90 Å². The summed E-state index contributed by atoms with van der Waals surface area (Å²) in [6.07, 6.45) is 4.29. The topological polar surface area (TPSA) is 70.1 Å². The summed E-state index contributed by atoms with van der Waals surface area (Å²) < 4.78 is 5.07. The van der Waals surface area contributed by atoms with E-state index in [9.17, 15) is 14.7 Å². The quantitative estimate of drug-likeness (QED) is 0.767. The maximum Gasteiger partial charge on any atom is 0.311 e. The summed E-state index contributed by atoms with van der Waals surface area (Å²) in [4.78, 5) is 30.0. The number of benzene rings is 1. The van der Waals surface area contributed by atoms with Crippen LogP contribution in [0.3, 0.4) is 0 Å². The van der Waals surface area contributed by atoms with Crippen molar-refractivity contribution in [3.63, 3.8) is 0 Å². The molecule has 2 aliphatic heterocycles. The van der Waals surface area contributed by atoms with Crippen molar-refractivity contribution >= 4 is 17.6 Å². The van der Waals surface area contributed by atoms with E-state index in [1.807, 2.05) is 17.0 Å². The second-order valence-corrected chi connectivity index (χ2v) is 9.07. The second kappa shape index (κ2) is 9.06.